The fraction of sp³-hybridized carbons (Fsp3) is 0.381. The van der Waals surface area contributed by atoms with Crippen molar-refractivity contribution >= 4 is 5.91 Å². The molecule has 0 aliphatic heterocycles. The summed E-state index contributed by atoms with van der Waals surface area (Å²) in [5.74, 6) is 0.125. The number of amides is 1. The van der Waals surface area contributed by atoms with E-state index in [1.165, 1.54) is 5.56 Å². The predicted octanol–water partition coefficient (Wildman–Crippen LogP) is 3.90. The van der Waals surface area contributed by atoms with Crippen molar-refractivity contribution in [1.82, 2.24) is 5.32 Å². The van der Waals surface area contributed by atoms with Crippen LogP contribution in [-0.4, -0.2) is 19.6 Å². The normalized spacial score (nSPS) is 16.9. The minimum Gasteiger partial charge on any atom is -0.384 e. The molecule has 3 heteroatoms. The molecule has 1 aliphatic rings. The molecule has 1 unspecified atom stereocenters. The van der Waals surface area contributed by atoms with Crippen LogP contribution >= 0.6 is 0 Å². The number of benzene rings is 2. The summed E-state index contributed by atoms with van der Waals surface area (Å²) in [6.07, 6.45) is 3.73. The van der Waals surface area contributed by atoms with E-state index in [9.17, 15) is 4.79 Å². The molecule has 1 fully saturated rings. The number of rotatable bonds is 7. The predicted molar refractivity (Wildman–Crippen MR) is 95.6 cm³/mol. The summed E-state index contributed by atoms with van der Waals surface area (Å²) >= 11 is 0. The van der Waals surface area contributed by atoms with Crippen LogP contribution in [0.3, 0.4) is 0 Å². The number of methoxy groups -OCH3 is 1. The van der Waals surface area contributed by atoms with Crippen LogP contribution in [0.25, 0.3) is 0 Å². The van der Waals surface area contributed by atoms with Gasteiger partial charge in [0.1, 0.15) is 0 Å². The molecule has 1 amide bonds. The van der Waals surface area contributed by atoms with Crippen molar-refractivity contribution in [3.8, 4) is 0 Å². The van der Waals surface area contributed by atoms with Gasteiger partial charge in [0.25, 0.3) is 0 Å². The molecule has 0 aromatic heterocycles. The number of hydrogen-bond donors (Lipinski definition) is 1. The average molecular weight is 323 g/mol. The molecule has 1 saturated carbocycles. The average Bonchev–Trinajstić information content (AvgIpc) is 2.59. The van der Waals surface area contributed by atoms with Crippen molar-refractivity contribution in [3.63, 3.8) is 0 Å². The van der Waals surface area contributed by atoms with Crippen LogP contribution in [0.5, 0.6) is 0 Å². The van der Waals surface area contributed by atoms with Gasteiger partial charge in [0, 0.05) is 7.11 Å². The molecular formula is C21H25NO2. The second-order valence-electron chi connectivity index (χ2n) is 6.69. The zero-order chi connectivity index (χ0) is 16.8. The van der Waals surface area contributed by atoms with E-state index >= 15 is 0 Å². The van der Waals surface area contributed by atoms with Crippen LogP contribution in [0.4, 0.5) is 0 Å². The maximum absolute atomic E-state index is 12.9. The molecule has 3 nitrogen and oxygen atoms in total. The summed E-state index contributed by atoms with van der Waals surface area (Å²) in [4.78, 5) is 12.9. The Kier molecular flexibility index (Phi) is 5.31. The van der Waals surface area contributed by atoms with Crippen LogP contribution in [0.15, 0.2) is 60.7 Å². The lowest BCUT2D eigenvalue weighted by Crippen LogP contribution is -2.49. The first-order valence-electron chi connectivity index (χ1n) is 8.62. The van der Waals surface area contributed by atoms with E-state index in [4.69, 9.17) is 4.74 Å². The minimum atomic E-state index is -0.335. The second kappa shape index (κ2) is 7.63. The topological polar surface area (TPSA) is 38.3 Å². The van der Waals surface area contributed by atoms with Crippen LogP contribution in [0, 0.1) is 5.41 Å². The number of nitrogens with one attached hydrogen (secondary N) is 1. The van der Waals surface area contributed by atoms with Crippen molar-refractivity contribution < 1.29 is 9.53 Å². The Hall–Kier alpha value is -2.13. The van der Waals surface area contributed by atoms with Crippen LogP contribution < -0.4 is 5.32 Å². The highest BCUT2D eigenvalue weighted by atomic mass is 16.5. The van der Waals surface area contributed by atoms with Gasteiger partial charge < -0.3 is 10.1 Å². The lowest BCUT2D eigenvalue weighted by atomic mass is 9.68. The van der Waals surface area contributed by atoms with Gasteiger partial charge in [-0.25, -0.2) is 0 Å². The number of hydrogen-bond acceptors (Lipinski definition) is 2. The fourth-order valence-electron chi connectivity index (χ4n) is 3.42. The van der Waals surface area contributed by atoms with Crippen LogP contribution in [0.1, 0.15) is 36.4 Å². The lowest BCUT2D eigenvalue weighted by molar-refractivity contribution is -0.141. The smallest absolute Gasteiger partial charge is 0.229 e. The van der Waals surface area contributed by atoms with E-state index in [1.54, 1.807) is 7.11 Å². The molecule has 0 spiro atoms. The fourth-order valence-corrected chi connectivity index (χ4v) is 3.42. The molecular weight excluding hydrogens is 298 g/mol. The molecule has 3 rings (SSSR count). The Balaban J connectivity index is 1.78. The number of ether oxygens (including phenoxy) is 1. The van der Waals surface area contributed by atoms with Crippen molar-refractivity contribution in [2.45, 2.75) is 31.7 Å². The van der Waals surface area contributed by atoms with Gasteiger partial charge in [-0.2, -0.15) is 0 Å². The van der Waals surface area contributed by atoms with Crippen LogP contribution in [0.2, 0.25) is 0 Å². The van der Waals surface area contributed by atoms with E-state index in [1.807, 2.05) is 36.4 Å². The SMILES string of the molecule is COCC1(C(=O)NC(Cc2ccccc2)c2ccccc2)CCC1. The molecule has 0 heterocycles. The van der Waals surface area contributed by atoms with Gasteiger partial charge in [0.2, 0.25) is 5.91 Å². The molecule has 0 saturated heterocycles. The molecule has 1 atom stereocenters. The lowest BCUT2D eigenvalue weighted by Gasteiger charge is -2.40. The zero-order valence-corrected chi connectivity index (χ0v) is 14.2. The first kappa shape index (κ1) is 16.7. The van der Waals surface area contributed by atoms with Gasteiger partial charge in [-0.05, 0) is 30.4 Å². The third-order valence-electron chi connectivity index (χ3n) is 5.00. The standard InChI is InChI=1S/C21H25NO2/c1-24-16-21(13-8-14-21)20(23)22-19(18-11-6-3-7-12-18)15-17-9-4-2-5-10-17/h2-7,9-12,19H,8,13-16H2,1H3,(H,22,23). The molecule has 0 bridgehead atoms. The molecule has 1 N–H and O–H groups in total. The van der Waals surface area contributed by atoms with Crippen molar-refractivity contribution in [2.24, 2.45) is 5.41 Å². The van der Waals surface area contributed by atoms with E-state index < -0.39 is 0 Å². The minimum absolute atomic E-state index is 0.0181. The van der Waals surface area contributed by atoms with Gasteiger partial charge >= 0.3 is 0 Å². The van der Waals surface area contributed by atoms with Gasteiger partial charge in [-0.3, -0.25) is 4.79 Å². The highest BCUT2D eigenvalue weighted by Crippen LogP contribution is 2.41. The first-order valence-corrected chi connectivity index (χ1v) is 8.62. The quantitative estimate of drug-likeness (QED) is 0.839. The third-order valence-corrected chi connectivity index (χ3v) is 5.00. The Labute approximate surface area is 144 Å². The molecule has 0 radical (unpaired) electrons. The van der Waals surface area contributed by atoms with E-state index in [0.29, 0.717) is 6.61 Å². The highest BCUT2D eigenvalue weighted by molar-refractivity contribution is 5.84. The monoisotopic (exact) mass is 323 g/mol. The van der Waals surface area contributed by atoms with Gasteiger partial charge in [0.15, 0.2) is 0 Å². The zero-order valence-electron chi connectivity index (χ0n) is 14.2. The van der Waals surface area contributed by atoms with E-state index in [0.717, 1.165) is 31.2 Å². The summed E-state index contributed by atoms with van der Waals surface area (Å²) in [6.45, 7) is 0.506. The third kappa shape index (κ3) is 3.68. The summed E-state index contributed by atoms with van der Waals surface area (Å²) in [7, 11) is 1.67. The van der Waals surface area contributed by atoms with Crippen molar-refractivity contribution in [2.75, 3.05) is 13.7 Å². The maximum Gasteiger partial charge on any atom is 0.229 e. The van der Waals surface area contributed by atoms with Gasteiger partial charge in [0.05, 0.1) is 18.1 Å². The van der Waals surface area contributed by atoms with Crippen molar-refractivity contribution in [3.05, 3.63) is 71.8 Å². The molecule has 24 heavy (non-hydrogen) atoms. The highest BCUT2D eigenvalue weighted by Gasteiger charge is 2.44. The Bertz CT molecular complexity index is 650. The van der Waals surface area contributed by atoms with Crippen molar-refractivity contribution in [1.29, 1.82) is 0 Å². The van der Waals surface area contributed by atoms with E-state index in [-0.39, 0.29) is 17.4 Å². The number of carbonyl (C=O) groups excluding carboxylic acids is 1. The second-order valence-corrected chi connectivity index (χ2v) is 6.69. The molecule has 126 valence electrons. The van der Waals surface area contributed by atoms with E-state index in [2.05, 4.69) is 29.6 Å². The van der Waals surface area contributed by atoms with Gasteiger partial charge in [-0.15, -0.1) is 0 Å². The first-order chi connectivity index (χ1) is 11.7. The number of carbonyl (C=O) groups is 1. The van der Waals surface area contributed by atoms with Crippen LogP contribution in [-0.2, 0) is 16.0 Å². The Morgan fingerprint density at radius 1 is 1.08 bits per heavy atom. The molecule has 2 aromatic rings. The maximum atomic E-state index is 12.9. The Morgan fingerprint density at radius 3 is 2.25 bits per heavy atom. The summed E-state index contributed by atoms with van der Waals surface area (Å²) < 4.78 is 5.31. The summed E-state index contributed by atoms with van der Waals surface area (Å²) in [6, 6.07) is 20.5. The Morgan fingerprint density at radius 2 is 1.71 bits per heavy atom. The summed E-state index contributed by atoms with van der Waals surface area (Å²) in [5, 5.41) is 3.29. The molecule has 2 aromatic carbocycles. The molecule has 1 aliphatic carbocycles. The van der Waals surface area contributed by atoms with Gasteiger partial charge in [-0.1, -0.05) is 67.1 Å². The largest absolute Gasteiger partial charge is 0.384 e. The summed E-state index contributed by atoms with van der Waals surface area (Å²) in [5.41, 5.74) is 2.03.